The highest BCUT2D eigenvalue weighted by Gasteiger charge is 2.72. The molecule has 2 saturated carbocycles. The van der Waals surface area contributed by atoms with Crippen molar-refractivity contribution in [1.29, 1.82) is 0 Å². The maximum absolute atomic E-state index is 13.9. The molecule has 2 heterocycles. The number of esters is 3. The number of quaternary nitrogens is 1. The first-order valence-corrected chi connectivity index (χ1v) is 18.2. The number of halogens is 3. The third-order valence-electron chi connectivity index (χ3n) is 8.70. The Morgan fingerprint density at radius 3 is 2.45 bits per heavy atom. The minimum Gasteiger partial charge on any atom is -0.457 e. The Morgan fingerprint density at radius 1 is 1.02 bits per heavy atom. The third kappa shape index (κ3) is 5.60. The zero-order chi connectivity index (χ0) is 29.8. The Kier molecular flexibility index (Phi) is 8.85. The fourth-order valence-electron chi connectivity index (χ4n) is 6.94. The molecule has 2 aromatic rings. The van der Waals surface area contributed by atoms with Crippen LogP contribution >= 0.6 is 67.8 Å². The SMILES string of the molecule is O=C(COC(=O)c1cc(I)cc(I)c1I)OC1C2CC3C1OS(=O)(=O)C3C2C(=O)OC1(c2ccccc2)CC[NH2+]CC1. The van der Waals surface area contributed by atoms with Crippen molar-refractivity contribution < 1.29 is 46.5 Å². The van der Waals surface area contributed by atoms with Gasteiger partial charge in [0.2, 0.25) is 0 Å². The Hall–Kier alpha value is -1.09. The van der Waals surface area contributed by atoms with Crippen LogP contribution in [0, 0.1) is 28.5 Å². The van der Waals surface area contributed by atoms with Crippen molar-refractivity contribution in [3.05, 3.63) is 64.3 Å². The van der Waals surface area contributed by atoms with E-state index >= 15 is 0 Å². The first-order chi connectivity index (χ1) is 20.0. The summed E-state index contributed by atoms with van der Waals surface area (Å²) in [6, 6.07) is 13.1. The van der Waals surface area contributed by atoms with Crippen molar-refractivity contribution in [3.63, 3.8) is 0 Å². The molecule has 6 unspecified atom stereocenters. The maximum Gasteiger partial charge on any atom is 0.344 e. The van der Waals surface area contributed by atoms with Gasteiger partial charge in [0.1, 0.15) is 23.1 Å². The van der Waals surface area contributed by atoms with E-state index in [-0.39, 0.29) is 0 Å². The number of rotatable bonds is 7. The zero-order valence-electron chi connectivity index (χ0n) is 22.0. The first kappa shape index (κ1) is 30.9. The van der Waals surface area contributed by atoms with Gasteiger partial charge in [0, 0.05) is 35.4 Å². The van der Waals surface area contributed by atoms with Crippen LogP contribution in [0.1, 0.15) is 35.2 Å². The van der Waals surface area contributed by atoms with Crippen LogP contribution in [0.2, 0.25) is 0 Å². The molecule has 4 aliphatic rings. The number of carbonyl (C=O) groups is 3. The average Bonchev–Trinajstić information content (AvgIpc) is 3.57. The molecule has 6 rings (SSSR count). The number of nitrogens with two attached hydrogens (primary N) is 1. The van der Waals surface area contributed by atoms with Gasteiger partial charge in [-0.15, -0.1) is 0 Å². The normalized spacial score (nSPS) is 30.1. The van der Waals surface area contributed by atoms with E-state index in [1.54, 1.807) is 6.07 Å². The topological polar surface area (TPSA) is 139 Å². The lowest BCUT2D eigenvalue weighted by molar-refractivity contribution is -0.668. The van der Waals surface area contributed by atoms with Gasteiger partial charge in [0.05, 0.1) is 24.6 Å². The van der Waals surface area contributed by atoms with Crippen LogP contribution in [0.5, 0.6) is 0 Å². The Morgan fingerprint density at radius 2 is 1.74 bits per heavy atom. The minimum absolute atomic E-state index is 0.336. The number of fused-ring (bicyclic) bond motifs is 1. The average molecular weight is 934 g/mol. The van der Waals surface area contributed by atoms with Crippen LogP contribution in [-0.2, 0) is 43.7 Å². The molecule has 6 atom stereocenters. The number of hydrogen-bond acceptors (Lipinski definition) is 9. The summed E-state index contributed by atoms with van der Waals surface area (Å²) in [6.45, 7) is 0.882. The molecule has 2 aromatic carbocycles. The highest BCUT2D eigenvalue weighted by Crippen LogP contribution is 2.59. The monoisotopic (exact) mass is 934 g/mol. The van der Waals surface area contributed by atoms with Crippen LogP contribution in [-0.4, -0.2) is 63.5 Å². The van der Waals surface area contributed by atoms with E-state index in [4.69, 9.17) is 18.4 Å². The van der Waals surface area contributed by atoms with Crippen molar-refractivity contribution >= 4 is 95.8 Å². The predicted molar refractivity (Wildman–Crippen MR) is 173 cm³/mol. The standard InChI is InChI=1S/C28H26I3NO9S/c29-15-10-17(22(31)19(30)11-15)26(34)38-13-20(33)39-23-16-12-18-24(23)41-42(36,37)25(18)21(16)27(35)40-28(6-8-32-9-7-28)14-4-2-1-3-5-14/h1-5,10-11,16,18,21,23-25,32H,6-9,12-13H2/p+1. The van der Waals surface area contributed by atoms with Gasteiger partial charge in [-0.1, -0.05) is 30.3 Å². The quantitative estimate of drug-likeness (QED) is 0.146. The molecular weight excluding hydrogens is 907 g/mol. The largest absolute Gasteiger partial charge is 0.457 e. The second-order valence-electron chi connectivity index (χ2n) is 11.0. The van der Waals surface area contributed by atoms with Crippen LogP contribution in [0.4, 0.5) is 0 Å². The Bertz CT molecular complexity index is 1530. The molecule has 0 aromatic heterocycles. The fraction of sp³-hybridized carbons (Fsp3) is 0.464. The molecule has 42 heavy (non-hydrogen) atoms. The smallest absolute Gasteiger partial charge is 0.344 e. The van der Waals surface area contributed by atoms with Gasteiger partial charge in [0.15, 0.2) is 6.61 Å². The van der Waals surface area contributed by atoms with E-state index in [0.717, 1.165) is 25.8 Å². The molecule has 14 heteroatoms. The van der Waals surface area contributed by atoms with E-state index in [2.05, 4.69) is 50.5 Å². The van der Waals surface area contributed by atoms with Crippen molar-refractivity contribution in [3.8, 4) is 0 Å². The lowest BCUT2D eigenvalue weighted by Crippen LogP contribution is -2.87. The highest BCUT2D eigenvalue weighted by molar-refractivity contribution is 14.1. The molecule has 4 fully saturated rings. The van der Waals surface area contributed by atoms with Crippen LogP contribution in [0.25, 0.3) is 0 Å². The number of hydrogen-bond donors (Lipinski definition) is 1. The summed E-state index contributed by atoms with van der Waals surface area (Å²) < 4.78 is 51.2. The molecule has 0 spiro atoms. The molecule has 0 radical (unpaired) electrons. The summed E-state index contributed by atoms with van der Waals surface area (Å²) in [5.74, 6) is -4.22. The van der Waals surface area contributed by atoms with Crippen molar-refractivity contribution in [1.82, 2.24) is 0 Å². The Labute approximate surface area is 283 Å². The van der Waals surface area contributed by atoms with Crippen LogP contribution in [0.15, 0.2) is 42.5 Å². The molecule has 2 aliphatic carbocycles. The van der Waals surface area contributed by atoms with E-state index in [1.165, 1.54) is 0 Å². The van der Waals surface area contributed by atoms with Crippen LogP contribution in [0.3, 0.4) is 0 Å². The van der Waals surface area contributed by atoms with Crippen molar-refractivity contribution in [2.45, 2.75) is 42.3 Å². The van der Waals surface area contributed by atoms with Gasteiger partial charge in [-0.2, -0.15) is 8.42 Å². The molecule has 2 saturated heterocycles. The molecule has 2 aliphatic heterocycles. The van der Waals surface area contributed by atoms with Crippen molar-refractivity contribution in [2.24, 2.45) is 17.8 Å². The van der Waals surface area contributed by atoms with Gasteiger partial charge < -0.3 is 19.5 Å². The number of ether oxygens (including phenoxy) is 3. The molecule has 0 amide bonds. The van der Waals surface area contributed by atoms with E-state index < -0.39 is 75.4 Å². The lowest BCUT2D eigenvalue weighted by atomic mass is 9.82. The molecule has 224 valence electrons. The molecule has 2 bridgehead atoms. The summed E-state index contributed by atoms with van der Waals surface area (Å²) in [5, 5.41) is 1.12. The van der Waals surface area contributed by atoms with Gasteiger partial charge >= 0.3 is 17.9 Å². The van der Waals surface area contributed by atoms with Crippen molar-refractivity contribution in [2.75, 3.05) is 19.7 Å². The van der Waals surface area contributed by atoms with Gasteiger partial charge in [-0.3, -0.25) is 8.98 Å². The fourth-order valence-corrected chi connectivity index (χ4v) is 11.4. The number of carbonyl (C=O) groups excluding carboxylic acids is 3. The first-order valence-electron chi connectivity index (χ1n) is 13.5. The molecule has 10 nitrogen and oxygen atoms in total. The highest BCUT2D eigenvalue weighted by atomic mass is 127. The summed E-state index contributed by atoms with van der Waals surface area (Å²) in [4.78, 5) is 39.5. The van der Waals surface area contributed by atoms with E-state index in [0.29, 0.717) is 28.4 Å². The zero-order valence-corrected chi connectivity index (χ0v) is 29.3. The van der Waals surface area contributed by atoms with Gasteiger partial charge in [-0.05, 0) is 91.9 Å². The summed E-state index contributed by atoms with van der Waals surface area (Å²) in [5.41, 5.74) is 0.353. The Balaban J connectivity index is 1.18. The third-order valence-corrected chi connectivity index (χ3v) is 14.2. The van der Waals surface area contributed by atoms with Gasteiger partial charge in [0.25, 0.3) is 10.1 Å². The summed E-state index contributed by atoms with van der Waals surface area (Å²) >= 11 is 6.27. The van der Waals surface area contributed by atoms with E-state index in [9.17, 15) is 22.8 Å². The summed E-state index contributed by atoms with van der Waals surface area (Å²) in [7, 11) is -4.08. The molecular formula is C28H27I3NO9S+. The second-order valence-corrected chi connectivity index (χ2v) is 16.2. The second kappa shape index (κ2) is 12.0. The van der Waals surface area contributed by atoms with Gasteiger partial charge in [-0.25, -0.2) is 9.59 Å². The predicted octanol–water partition coefficient (Wildman–Crippen LogP) is 2.73. The van der Waals surface area contributed by atoms with E-state index in [1.807, 2.05) is 59.0 Å². The number of benzene rings is 2. The maximum atomic E-state index is 13.9. The summed E-state index contributed by atoms with van der Waals surface area (Å²) in [6.07, 6.45) is -0.292. The minimum atomic E-state index is -4.08. The van der Waals surface area contributed by atoms with Crippen LogP contribution < -0.4 is 5.32 Å². The number of piperidine rings is 1. The lowest BCUT2D eigenvalue weighted by Gasteiger charge is -2.38. The molecule has 2 N–H and O–H groups in total.